The highest BCUT2D eigenvalue weighted by atomic mass is 35.5. The van der Waals surface area contributed by atoms with Crippen molar-refractivity contribution in [2.24, 2.45) is 0 Å². The Kier molecular flexibility index (Phi) is 11.8. The van der Waals surface area contributed by atoms with E-state index in [1.165, 1.54) is 10.4 Å². The van der Waals surface area contributed by atoms with Gasteiger partial charge in [-0.15, -0.1) is 0 Å². The number of benzene rings is 3. The molecule has 7 nitrogen and oxygen atoms in total. The minimum atomic E-state index is -3.98. The van der Waals surface area contributed by atoms with Crippen molar-refractivity contribution in [3.05, 3.63) is 99.7 Å². The number of hydrogen-bond donors (Lipinski definition) is 1. The third kappa shape index (κ3) is 8.70. The number of pyridine rings is 1. The lowest BCUT2D eigenvalue weighted by molar-refractivity contribution is -0.120. The molecule has 1 amide bonds. The number of hydrogen-bond acceptors (Lipinski definition) is 5. The topological polar surface area (TPSA) is 88.6 Å². The van der Waals surface area contributed by atoms with Gasteiger partial charge in [0.2, 0.25) is 15.9 Å². The predicted molar refractivity (Wildman–Crippen MR) is 173 cm³/mol. The third-order valence-electron chi connectivity index (χ3n) is 7.25. The van der Waals surface area contributed by atoms with Gasteiger partial charge in [0.05, 0.1) is 5.02 Å². The molecule has 4 aromatic rings. The molecule has 0 fully saturated rings. The number of para-hydroxylation sites is 1. The SMILES string of the molecule is CNC(=O)CCCCCCCN(Cc1ccccc1)S(=O)(=O)c1ccc(Cl)c(COc2cccc3ccc(C)nc23)c1Cl. The fourth-order valence-electron chi connectivity index (χ4n) is 4.83. The lowest BCUT2D eigenvalue weighted by Crippen LogP contribution is -2.32. The van der Waals surface area contributed by atoms with Gasteiger partial charge in [-0.1, -0.05) is 91.0 Å². The maximum absolute atomic E-state index is 14.1. The molecule has 0 saturated carbocycles. The van der Waals surface area contributed by atoms with Crippen LogP contribution in [0.4, 0.5) is 0 Å². The highest BCUT2D eigenvalue weighted by molar-refractivity contribution is 7.89. The molecule has 3 aromatic carbocycles. The summed E-state index contributed by atoms with van der Waals surface area (Å²) in [6.45, 7) is 2.43. The third-order valence-corrected chi connectivity index (χ3v) is 10.0. The van der Waals surface area contributed by atoms with E-state index < -0.39 is 10.0 Å². The average Bonchev–Trinajstić information content (AvgIpc) is 3.00. The minimum Gasteiger partial charge on any atom is -0.487 e. The Morgan fingerprint density at radius 1 is 0.907 bits per heavy atom. The van der Waals surface area contributed by atoms with Crippen LogP contribution >= 0.6 is 23.2 Å². The van der Waals surface area contributed by atoms with Crippen molar-refractivity contribution in [2.45, 2.75) is 63.5 Å². The van der Waals surface area contributed by atoms with Gasteiger partial charge < -0.3 is 10.1 Å². The van der Waals surface area contributed by atoms with Crippen molar-refractivity contribution in [3.63, 3.8) is 0 Å². The highest BCUT2D eigenvalue weighted by Gasteiger charge is 2.29. The van der Waals surface area contributed by atoms with E-state index in [-0.39, 0.29) is 29.0 Å². The Labute approximate surface area is 264 Å². The Morgan fingerprint density at radius 3 is 2.42 bits per heavy atom. The number of nitrogens with one attached hydrogen (secondary N) is 1. The molecule has 0 unspecified atom stereocenters. The van der Waals surface area contributed by atoms with Crippen LogP contribution in [0.5, 0.6) is 5.75 Å². The van der Waals surface area contributed by atoms with Gasteiger partial charge >= 0.3 is 0 Å². The number of unbranched alkanes of at least 4 members (excludes halogenated alkanes) is 4. The zero-order valence-electron chi connectivity index (χ0n) is 24.5. The van der Waals surface area contributed by atoms with Crippen molar-refractivity contribution in [3.8, 4) is 5.75 Å². The number of nitrogens with zero attached hydrogens (tertiary/aromatic N) is 2. The zero-order valence-corrected chi connectivity index (χ0v) is 26.8. The van der Waals surface area contributed by atoms with Crippen LogP contribution in [-0.4, -0.2) is 37.2 Å². The smallest absolute Gasteiger partial charge is 0.244 e. The molecular weight excluding hydrogens is 605 g/mol. The van der Waals surface area contributed by atoms with Crippen LogP contribution in [0.25, 0.3) is 10.9 Å². The van der Waals surface area contributed by atoms with E-state index >= 15 is 0 Å². The lowest BCUT2D eigenvalue weighted by atomic mass is 10.1. The van der Waals surface area contributed by atoms with Crippen LogP contribution in [0.15, 0.2) is 77.7 Å². The molecule has 1 heterocycles. The van der Waals surface area contributed by atoms with E-state index in [4.69, 9.17) is 27.9 Å². The first-order chi connectivity index (χ1) is 20.7. The predicted octanol–water partition coefficient (Wildman–Crippen LogP) is 7.71. The Balaban J connectivity index is 1.53. The first-order valence-electron chi connectivity index (χ1n) is 14.4. The van der Waals surface area contributed by atoms with Gasteiger partial charge in [0.25, 0.3) is 0 Å². The van der Waals surface area contributed by atoms with Crippen molar-refractivity contribution >= 4 is 50.0 Å². The van der Waals surface area contributed by atoms with Crippen molar-refractivity contribution in [1.82, 2.24) is 14.6 Å². The van der Waals surface area contributed by atoms with Crippen LogP contribution in [0.2, 0.25) is 10.0 Å². The number of carbonyl (C=O) groups is 1. The second kappa shape index (κ2) is 15.5. The number of amides is 1. The van der Waals surface area contributed by atoms with E-state index in [2.05, 4.69) is 10.3 Å². The molecule has 4 rings (SSSR count). The molecule has 0 aliphatic rings. The van der Waals surface area contributed by atoms with Crippen LogP contribution in [0, 0.1) is 6.92 Å². The van der Waals surface area contributed by atoms with Crippen LogP contribution in [0.1, 0.15) is 55.3 Å². The maximum Gasteiger partial charge on any atom is 0.244 e. The number of fused-ring (bicyclic) bond motifs is 1. The van der Waals surface area contributed by atoms with E-state index in [1.807, 2.05) is 67.6 Å². The monoisotopic (exact) mass is 641 g/mol. The summed E-state index contributed by atoms with van der Waals surface area (Å²) in [5.74, 6) is 0.594. The fraction of sp³-hybridized carbons (Fsp3) is 0.333. The molecule has 1 N–H and O–H groups in total. The largest absolute Gasteiger partial charge is 0.487 e. The van der Waals surface area contributed by atoms with Gasteiger partial charge in [-0.2, -0.15) is 4.31 Å². The summed E-state index contributed by atoms with van der Waals surface area (Å²) in [7, 11) is -2.35. The molecule has 0 saturated heterocycles. The maximum atomic E-state index is 14.1. The Hall–Kier alpha value is -3.17. The number of carbonyl (C=O) groups excluding carboxylic acids is 1. The molecular formula is C33H37Cl2N3O4S. The van der Waals surface area contributed by atoms with E-state index in [9.17, 15) is 13.2 Å². The van der Waals surface area contributed by atoms with E-state index in [0.29, 0.717) is 41.2 Å². The molecule has 0 radical (unpaired) electrons. The average molecular weight is 643 g/mol. The van der Waals surface area contributed by atoms with Gasteiger partial charge in [-0.05, 0) is 49.6 Å². The Morgan fingerprint density at radius 2 is 1.65 bits per heavy atom. The van der Waals surface area contributed by atoms with E-state index in [1.54, 1.807) is 13.1 Å². The number of rotatable bonds is 15. The fourth-order valence-corrected chi connectivity index (χ4v) is 7.16. The van der Waals surface area contributed by atoms with Crippen molar-refractivity contribution < 1.29 is 17.9 Å². The minimum absolute atomic E-state index is 0.00874. The standard InChI is InChI=1S/C33H37Cl2N3O4S/c1-24-17-18-26-14-11-15-29(33(26)37-24)42-23-27-28(34)19-20-30(32(27)35)43(40,41)38(22-25-12-7-6-8-13-25)21-10-5-3-4-9-16-31(39)36-2/h6-8,11-15,17-20H,3-5,9-10,16,21-23H2,1-2H3,(H,36,39). The van der Waals surface area contributed by atoms with E-state index in [0.717, 1.165) is 42.3 Å². The molecule has 0 aliphatic heterocycles. The first kappa shape index (κ1) is 32.7. The molecule has 0 aliphatic carbocycles. The second-order valence-corrected chi connectivity index (χ2v) is 13.1. The van der Waals surface area contributed by atoms with Gasteiger partial charge in [0.1, 0.15) is 22.8 Å². The summed E-state index contributed by atoms with van der Waals surface area (Å²) in [4.78, 5) is 16.0. The highest BCUT2D eigenvalue weighted by Crippen LogP contribution is 2.35. The molecule has 43 heavy (non-hydrogen) atoms. The summed E-state index contributed by atoms with van der Waals surface area (Å²) >= 11 is 13.3. The first-order valence-corrected chi connectivity index (χ1v) is 16.6. The molecule has 0 spiro atoms. The number of aromatic nitrogens is 1. The summed E-state index contributed by atoms with van der Waals surface area (Å²) in [6.07, 6.45) is 4.67. The van der Waals surface area contributed by atoms with Gasteiger partial charge in [0.15, 0.2) is 0 Å². The molecule has 228 valence electrons. The quantitative estimate of drug-likeness (QED) is 0.134. The molecule has 0 bridgehead atoms. The lowest BCUT2D eigenvalue weighted by Gasteiger charge is -2.24. The second-order valence-electron chi connectivity index (χ2n) is 10.4. The van der Waals surface area contributed by atoms with Crippen molar-refractivity contribution in [1.29, 1.82) is 0 Å². The summed E-state index contributed by atoms with van der Waals surface area (Å²) in [5, 5.41) is 3.93. The number of ether oxygens (including phenoxy) is 1. The van der Waals surface area contributed by atoms with Gasteiger partial charge in [-0.25, -0.2) is 13.4 Å². The summed E-state index contributed by atoms with van der Waals surface area (Å²) in [5.41, 5.74) is 2.84. The molecule has 0 atom stereocenters. The number of sulfonamides is 1. The van der Waals surface area contributed by atoms with Crippen LogP contribution < -0.4 is 10.1 Å². The van der Waals surface area contributed by atoms with Crippen molar-refractivity contribution in [2.75, 3.05) is 13.6 Å². The number of aryl methyl sites for hydroxylation is 1. The normalized spacial score (nSPS) is 11.7. The summed E-state index contributed by atoms with van der Waals surface area (Å²) < 4.78 is 35.8. The molecule has 10 heteroatoms. The van der Waals surface area contributed by atoms with Crippen LogP contribution in [0.3, 0.4) is 0 Å². The van der Waals surface area contributed by atoms with Crippen LogP contribution in [-0.2, 0) is 28.0 Å². The summed E-state index contributed by atoms with van der Waals surface area (Å²) in [6, 6.07) is 22.1. The zero-order chi connectivity index (χ0) is 30.8. The van der Waals surface area contributed by atoms with Gasteiger partial charge in [-0.3, -0.25) is 4.79 Å². The Bertz CT molecular complexity index is 1650. The molecule has 1 aromatic heterocycles. The van der Waals surface area contributed by atoms with Gasteiger partial charge in [0, 0.05) is 48.2 Å². The number of halogens is 2.